The number of thiocarbonyl (C=S) groups is 1. The number of para-hydroxylation sites is 2. The van der Waals surface area contributed by atoms with E-state index in [1.165, 1.54) is 14.2 Å². The van der Waals surface area contributed by atoms with E-state index in [2.05, 4.69) is 15.6 Å². The lowest BCUT2D eigenvalue weighted by Gasteiger charge is -2.14. The van der Waals surface area contributed by atoms with Crippen molar-refractivity contribution in [3.63, 3.8) is 0 Å². The number of nitrogens with one attached hydrogen (secondary N) is 2. The molecule has 0 radical (unpaired) electrons. The van der Waals surface area contributed by atoms with Gasteiger partial charge in [0, 0.05) is 11.1 Å². The molecule has 0 atom stereocenters. The van der Waals surface area contributed by atoms with E-state index in [0.717, 1.165) is 11.1 Å². The number of fused-ring (bicyclic) bond motifs is 1. The molecular formula is C24H21N3O5S. The van der Waals surface area contributed by atoms with E-state index in [4.69, 9.17) is 30.8 Å². The van der Waals surface area contributed by atoms with E-state index in [-0.39, 0.29) is 5.11 Å². The van der Waals surface area contributed by atoms with Crippen molar-refractivity contribution in [3.8, 4) is 28.7 Å². The molecule has 168 valence electrons. The van der Waals surface area contributed by atoms with Gasteiger partial charge in [0.15, 0.2) is 22.2 Å². The molecule has 33 heavy (non-hydrogen) atoms. The maximum Gasteiger partial charge on any atom is 0.257 e. The number of nitrogens with zero attached hydrogens (tertiary/aromatic N) is 1. The van der Waals surface area contributed by atoms with Crippen molar-refractivity contribution in [3.05, 3.63) is 66.2 Å². The van der Waals surface area contributed by atoms with Crippen LogP contribution in [0.1, 0.15) is 10.4 Å². The van der Waals surface area contributed by atoms with Crippen LogP contribution in [0.15, 0.2) is 65.1 Å². The molecule has 0 bridgehead atoms. The Bertz CT molecular complexity index is 1300. The normalized spacial score (nSPS) is 10.5. The fraction of sp³-hybridized carbons (Fsp3) is 0.125. The van der Waals surface area contributed by atoms with Gasteiger partial charge in [0.05, 0.1) is 27.0 Å². The minimum absolute atomic E-state index is 0.0998. The second kappa shape index (κ2) is 9.58. The fourth-order valence-corrected chi connectivity index (χ4v) is 3.44. The topological polar surface area (TPSA) is 94.9 Å². The Morgan fingerprint density at radius 1 is 0.909 bits per heavy atom. The van der Waals surface area contributed by atoms with Gasteiger partial charge in [-0.1, -0.05) is 12.1 Å². The molecular weight excluding hydrogens is 442 g/mol. The second-order valence-corrected chi connectivity index (χ2v) is 7.29. The Morgan fingerprint density at radius 3 is 2.36 bits per heavy atom. The van der Waals surface area contributed by atoms with Crippen LogP contribution in [0.25, 0.3) is 22.6 Å². The minimum atomic E-state index is -0.400. The van der Waals surface area contributed by atoms with Gasteiger partial charge >= 0.3 is 0 Å². The van der Waals surface area contributed by atoms with Crippen LogP contribution in [0.2, 0.25) is 0 Å². The van der Waals surface area contributed by atoms with E-state index in [9.17, 15) is 4.79 Å². The van der Waals surface area contributed by atoms with Gasteiger partial charge in [-0.25, -0.2) is 4.98 Å². The zero-order chi connectivity index (χ0) is 23.4. The molecule has 0 spiro atoms. The number of carbonyl (C=O) groups is 1. The smallest absolute Gasteiger partial charge is 0.257 e. The van der Waals surface area contributed by atoms with Gasteiger partial charge in [-0.05, 0) is 60.7 Å². The molecule has 4 rings (SSSR count). The molecule has 3 aromatic carbocycles. The van der Waals surface area contributed by atoms with Gasteiger partial charge in [0.1, 0.15) is 11.3 Å². The summed E-state index contributed by atoms with van der Waals surface area (Å²) in [5.41, 5.74) is 3.09. The van der Waals surface area contributed by atoms with Crippen LogP contribution in [0.3, 0.4) is 0 Å². The molecule has 0 aliphatic carbocycles. The van der Waals surface area contributed by atoms with Crippen LogP contribution < -0.4 is 24.8 Å². The number of oxazole rings is 1. The van der Waals surface area contributed by atoms with Gasteiger partial charge < -0.3 is 23.9 Å². The maximum atomic E-state index is 12.7. The summed E-state index contributed by atoms with van der Waals surface area (Å²) in [5, 5.41) is 5.76. The molecule has 1 aromatic heterocycles. The summed E-state index contributed by atoms with van der Waals surface area (Å²) in [6, 6.07) is 17.8. The largest absolute Gasteiger partial charge is 0.495 e. The third kappa shape index (κ3) is 4.73. The third-order valence-electron chi connectivity index (χ3n) is 4.86. The van der Waals surface area contributed by atoms with Gasteiger partial charge in [-0.3, -0.25) is 10.1 Å². The van der Waals surface area contributed by atoms with Crippen LogP contribution in [0, 0.1) is 0 Å². The lowest BCUT2D eigenvalue weighted by Crippen LogP contribution is -2.34. The number of methoxy groups -OCH3 is 3. The van der Waals surface area contributed by atoms with Crippen molar-refractivity contribution in [2.45, 2.75) is 0 Å². The van der Waals surface area contributed by atoms with Crippen LogP contribution in [-0.4, -0.2) is 37.3 Å². The van der Waals surface area contributed by atoms with E-state index in [0.29, 0.717) is 40.0 Å². The van der Waals surface area contributed by atoms with Crippen molar-refractivity contribution >= 4 is 40.0 Å². The van der Waals surface area contributed by atoms with Crippen LogP contribution >= 0.6 is 12.2 Å². The number of amides is 1. The highest BCUT2D eigenvalue weighted by atomic mass is 32.1. The predicted molar refractivity (Wildman–Crippen MR) is 129 cm³/mol. The summed E-state index contributed by atoms with van der Waals surface area (Å²) in [4.78, 5) is 17.2. The molecule has 0 aliphatic rings. The lowest BCUT2D eigenvalue weighted by molar-refractivity contribution is 0.0977. The molecule has 1 heterocycles. The number of benzene rings is 3. The van der Waals surface area contributed by atoms with E-state index in [1.807, 2.05) is 30.3 Å². The quantitative estimate of drug-likeness (QED) is 0.399. The Hall–Kier alpha value is -4.11. The number of carbonyl (C=O) groups excluding carboxylic acids is 1. The highest BCUT2D eigenvalue weighted by Crippen LogP contribution is 2.32. The molecule has 0 saturated heterocycles. The summed E-state index contributed by atoms with van der Waals surface area (Å²) in [7, 11) is 4.58. The molecule has 0 unspecified atom stereocenters. The third-order valence-corrected chi connectivity index (χ3v) is 5.07. The van der Waals surface area contributed by atoms with Gasteiger partial charge in [0.25, 0.3) is 5.91 Å². The number of hydrogen-bond acceptors (Lipinski definition) is 7. The molecule has 4 aromatic rings. The summed E-state index contributed by atoms with van der Waals surface area (Å²) in [6.07, 6.45) is 0. The average molecular weight is 464 g/mol. The lowest BCUT2D eigenvalue weighted by atomic mass is 10.2. The second-order valence-electron chi connectivity index (χ2n) is 6.88. The fourth-order valence-electron chi connectivity index (χ4n) is 3.24. The van der Waals surface area contributed by atoms with Crippen LogP contribution in [0.4, 0.5) is 5.69 Å². The zero-order valence-corrected chi connectivity index (χ0v) is 19.0. The molecule has 0 fully saturated rings. The number of aromatic nitrogens is 1. The van der Waals surface area contributed by atoms with Crippen molar-refractivity contribution in [1.29, 1.82) is 0 Å². The van der Waals surface area contributed by atoms with Crippen molar-refractivity contribution < 1.29 is 23.4 Å². The number of anilines is 1. The molecule has 1 amide bonds. The van der Waals surface area contributed by atoms with E-state index < -0.39 is 5.91 Å². The minimum Gasteiger partial charge on any atom is -0.495 e. The van der Waals surface area contributed by atoms with E-state index >= 15 is 0 Å². The van der Waals surface area contributed by atoms with Crippen LogP contribution in [-0.2, 0) is 0 Å². The standard InChI is InChI=1S/C24H21N3O5S/c1-29-18-10-9-15(23-25-16-6-4-5-7-19(16)32-23)12-17(18)26-24(33)27-22(28)14-8-11-20(30-2)21(13-14)31-3/h4-13H,1-3H3,(H2,26,27,28,33). The Kier molecular flexibility index (Phi) is 6.41. The van der Waals surface area contributed by atoms with Crippen molar-refractivity contribution in [2.24, 2.45) is 0 Å². The molecule has 9 heteroatoms. The molecule has 0 saturated carbocycles. The Morgan fingerprint density at radius 2 is 1.64 bits per heavy atom. The average Bonchev–Trinajstić information content (AvgIpc) is 3.27. The molecule has 8 nitrogen and oxygen atoms in total. The summed E-state index contributed by atoms with van der Waals surface area (Å²) < 4.78 is 21.7. The zero-order valence-electron chi connectivity index (χ0n) is 18.2. The van der Waals surface area contributed by atoms with Gasteiger partial charge in [0.2, 0.25) is 5.89 Å². The first kappa shape index (κ1) is 22.1. The summed E-state index contributed by atoms with van der Waals surface area (Å²) in [6.45, 7) is 0. The first-order chi connectivity index (χ1) is 16.0. The number of rotatable bonds is 6. The molecule has 2 N–H and O–H groups in total. The SMILES string of the molecule is COc1ccc(-c2nc3ccccc3o2)cc1NC(=S)NC(=O)c1ccc(OC)c(OC)c1. The monoisotopic (exact) mass is 463 g/mol. The summed E-state index contributed by atoms with van der Waals surface area (Å²) in [5.74, 6) is 1.56. The van der Waals surface area contributed by atoms with Crippen molar-refractivity contribution in [2.75, 3.05) is 26.6 Å². The Balaban J connectivity index is 1.53. The predicted octanol–water partition coefficient (Wildman–Crippen LogP) is 4.65. The highest BCUT2D eigenvalue weighted by Gasteiger charge is 2.15. The van der Waals surface area contributed by atoms with Crippen molar-refractivity contribution in [1.82, 2.24) is 10.3 Å². The number of ether oxygens (including phenoxy) is 3. The summed E-state index contributed by atoms with van der Waals surface area (Å²) >= 11 is 5.35. The molecule has 0 aliphatic heterocycles. The maximum absolute atomic E-state index is 12.7. The van der Waals surface area contributed by atoms with Crippen LogP contribution in [0.5, 0.6) is 17.2 Å². The Labute approximate surface area is 195 Å². The van der Waals surface area contributed by atoms with E-state index in [1.54, 1.807) is 37.4 Å². The first-order valence-corrected chi connectivity index (χ1v) is 10.3. The first-order valence-electron chi connectivity index (χ1n) is 9.90. The van der Waals surface area contributed by atoms with Gasteiger partial charge in [-0.15, -0.1) is 0 Å². The highest BCUT2D eigenvalue weighted by molar-refractivity contribution is 7.80. The number of hydrogen-bond donors (Lipinski definition) is 2. The van der Waals surface area contributed by atoms with Gasteiger partial charge in [-0.2, -0.15) is 0 Å².